The summed E-state index contributed by atoms with van der Waals surface area (Å²) in [6, 6.07) is 18.9. The highest BCUT2D eigenvalue weighted by atomic mass is 32.2. The lowest BCUT2D eigenvalue weighted by atomic mass is 10.1. The van der Waals surface area contributed by atoms with Crippen LogP contribution in [0, 0.1) is 6.92 Å². The smallest absolute Gasteiger partial charge is 0.243 e. The molecule has 162 valence electrons. The summed E-state index contributed by atoms with van der Waals surface area (Å²) in [7, 11) is -3.53. The van der Waals surface area contributed by atoms with Crippen LogP contribution in [0.4, 0.5) is 11.4 Å². The van der Waals surface area contributed by atoms with E-state index in [0.717, 1.165) is 35.7 Å². The van der Waals surface area contributed by atoms with Gasteiger partial charge in [-0.3, -0.25) is 4.79 Å². The van der Waals surface area contributed by atoms with Gasteiger partial charge in [0.2, 0.25) is 15.9 Å². The molecule has 3 aromatic carbocycles. The lowest BCUT2D eigenvalue weighted by molar-refractivity contribution is -0.114. The number of fused-ring (bicyclic) bond motifs is 1. The van der Waals surface area contributed by atoms with Crippen LogP contribution in [0.3, 0.4) is 0 Å². The number of carbonyl (C=O) groups is 1. The fraction of sp³-hybridized carbons (Fsp3) is 0.292. The van der Waals surface area contributed by atoms with Gasteiger partial charge in [-0.25, -0.2) is 8.42 Å². The molecule has 1 aliphatic heterocycles. The number of piperidine rings is 1. The summed E-state index contributed by atoms with van der Waals surface area (Å²) < 4.78 is 27.7. The molecule has 4 rings (SSSR count). The first-order valence-corrected chi connectivity index (χ1v) is 12.0. The number of benzene rings is 3. The zero-order valence-corrected chi connectivity index (χ0v) is 18.4. The predicted octanol–water partition coefficient (Wildman–Crippen LogP) is 4.37. The Balaban J connectivity index is 1.46. The van der Waals surface area contributed by atoms with E-state index in [-0.39, 0.29) is 12.5 Å². The first kappa shape index (κ1) is 21.3. The maximum absolute atomic E-state index is 13.1. The summed E-state index contributed by atoms with van der Waals surface area (Å²) in [6.07, 6.45) is 2.85. The molecule has 0 saturated carbocycles. The van der Waals surface area contributed by atoms with Crippen LogP contribution in [0.2, 0.25) is 0 Å². The summed E-state index contributed by atoms with van der Waals surface area (Å²) in [4.78, 5) is 12.8. The number of sulfonamides is 1. The zero-order chi connectivity index (χ0) is 21.8. The van der Waals surface area contributed by atoms with Gasteiger partial charge in [-0.15, -0.1) is 0 Å². The number of rotatable bonds is 6. The summed E-state index contributed by atoms with van der Waals surface area (Å²) >= 11 is 0. The highest BCUT2D eigenvalue weighted by Gasteiger charge is 2.27. The van der Waals surface area contributed by atoms with Crippen LogP contribution in [0.15, 0.2) is 65.6 Å². The third kappa shape index (κ3) is 4.73. The molecule has 1 aliphatic rings. The number of carbonyl (C=O) groups excluding carboxylic acids is 1. The Morgan fingerprint density at radius 3 is 2.52 bits per heavy atom. The Hall–Kier alpha value is -2.90. The van der Waals surface area contributed by atoms with E-state index in [4.69, 9.17) is 0 Å². The molecule has 0 aromatic heterocycles. The summed E-state index contributed by atoms with van der Waals surface area (Å²) in [5.41, 5.74) is 2.06. The van der Waals surface area contributed by atoms with E-state index in [9.17, 15) is 13.2 Å². The lowest BCUT2D eigenvalue weighted by Crippen LogP contribution is -2.36. The molecule has 2 N–H and O–H groups in total. The van der Waals surface area contributed by atoms with Crippen LogP contribution in [-0.4, -0.2) is 38.3 Å². The summed E-state index contributed by atoms with van der Waals surface area (Å²) in [6.45, 7) is 2.96. The van der Waals surface area contributed by atoms with Crippen molar-refractivity contribution < 1.29 is 13.2 Å². The Bertz CT molecular complexity index is 1200. The average Bonchev–Trinajstić information content (AvgIpc) is 2.79. The first-order chi connectivity index (χ1) is 14.9. The van der Waals surface area contributed by atoms with Crippen molar-refractivity contribution in [1.29, 1.82) is 0 Å². The third-order valence-corrected chi connectivity index (χ3v) is 7.68. The van der Waals surface area contributed by atoms with Crippen LogP contribution < -0.4 is 10.6 Å². The van der Waals surface area contributed by atoms with E-state index in [2.05, 4.69) is 10.6 Å². The highest BCUT2D eigenvalue weighted by Crippen LogP contribution is 2.26. The fourth-order valence-electron chi connectivity index (χ4n) is 3.94. The minimum absolute atomic E-state index is 0.0372. The third-order valence-electron chi connectivity index (χ3n) is 5.64. The van der Waals surface area contributed by atoms with Gasteiger partial charge in [-0.2, -0.15) is 4.31 Å². The van der Waals surface area contributed by atoms with Crippen LogP contribution in [0.25, 0.3) is 10.8 Å². The van der Waals surface area contributed by atoms with Gasteiger partial charge in [0, 0.05) is 29.9 Å². The Morgan fingerprint density at radius 2 is 1.71 bits per heavy atom. The molecule has 3 aromatic rings. The minimum atomic E-state index is -3.53. The van der Waals surface area contributed by atoms with Gasteiger partial charge in [0.05, 0.1) is 11.4 Å². The minimum Gasteiger partial charge on any atom is -0.376 e. The first-order valence-electron chi connectivity index (χ1n) is 10.6. The second kappa shape index (κ2) is 9.08. The Labute approximate surface area is 183 Å². The van der Waals surface area contributed by atoms with Crippen molar-refractivity contribution in [3.05, 3.63) is 66.2 Å². The molecular formula is C24H27N3O3S. The number of nitrogens with one attached hydrogen (secondary N) is 2. The van der Waals surface area contributed by atoms with Gasteiger partial charge in [0.15, 0.2) is 0 Å². The molecule has 0 bridgehead atoms. The molecule has 1 saturated heterocycles. The van der Waals surface area contributed by atoms with E-state index >= 15 is 0 Å². The predicted molar refractivity (Wildman–Crippen MR) is 125 cm³/mol. The van der Waals surface area contributed by atoms with E-state index in [1.807, 2.05) is 42.5 Å². The van der Waals surface area contributed by atoms with Gasteiger partial charge in [-0.1, -0.05) is 48.9 Å². The number of hydrogen-bond acceptors (Lipinski definition) is 4. The molecule has 0 atom stereocenters. The number of amides is 1. The van der Waals surface area contributed by atoms with Crippen LogP contribution in [-0.2, 0) is 14.8 Å². The number of hydrogen-bond donors (Lipinski definition) is 2. The maximum atomic E-state index is 13.1. The molecule has 1 fully saturated rings. The second-order valence-corrected chi connectivity index (χ2v) is 9.78. The molecular weight excluding hydrogens is 410 g/mol. The van der Waals surface area contributed by atoms with Crippen molar-refractivity contribution in [2.75, 3.05) is 30.3 Å². The van der Waals surface area contributed by atoms with Crippen LogP contribution in [0.1, 0.15) is 24.8 Å². The molecule has 1 heterocycles. The van der Waals surface area contributed by atoms with Gasteiger partial charge < -0.3 is 10.6 Å². The molecule has 0 unspecified atom stereocenters. The second-order valence-electron chi connectivity index (χ2n) is 7.87. The number of anilines is 2. The Kier molecular flexibility index (Phi) is 6.25. The van der Waals surface area contributed by atoms with Crippen molar-refractivity contribution in [1.82, 2.24) is 4.31 Å². The van der Waals surface area contributed by atoms with Crippen LogP contribution in [0.5, 0.6) is 0 Å². The van der Waals surface area contributed by atoms with Crippen molar-refractivity contribution in [2.24, 2.45) is 0 Å². The molecule has 0 aliphatic carbocycles. The topological polar surface area (TPSA) is 78.5 Å². The average molecular weight is 438 g/mol. The molecule has 7 heteroatoms. The van der Waals surface area contributed by atoms with E-state index < -0.39 is 10.0 Å². The van der Waals surface area contributed by atoms with E-state index in [1.54, 1.807) is 29.4 Å². The van der Waals surface area contributed by atoms with Gasteiger partial charge >= 0.3 is 0 Å². The van der Waals surface area contributed by atoms with Gasteiger partial charge in [0.1, 0.15) is 0 Å². The van der Waals surface area contributed by atoms with Crippen molar-refractivity contribution in [3.63, 3.8) is 0 Å². The number of aryl methyl sites for hydroxylation is 1. The van der Waals surface area contributed by atoms with E-state index in [1.165, 1.54) is 0 Å². The maximum Gasteiger partial charge on any atom is 0.243 e. The summed E-state index contributed by atoms with van der Waals surface area (Å²) in [5, 5.41) is 8.03. The molecule has 0 radical (unpaired) electrons. The van der Waals surface area contributed by atoms with Gasteiger partial charge in [-0.05, 0) is 48.9 Å². The van der Waals surface area contributed by atoms with Gasteiger partial charge in [0.25, 0.3) is 0 Å². The Morgan fingerprint density at radius 1 is 0.968 bits per heavy atom. The largest absolute Gasteiger partial charge is 0.376 e. The van der Waals surface area contributed by atoms with Crippen molar-refractivity contribution >= 4 is 38.1 Å². The van der Waals surface area contributed by atoms with Crippen LogP contribution >= 0.6 is 0 Å². The standard InChI is InChI=1S/C24H27N3O3S/c1-18-12-13-20(16-23(18)31(29,30)27-14-5-2-6-15-27)25-17-24(28)26-22-11-7-9-19-8-3-4-10-21(19)22/h3-4,7-13,16,25H,2,5-6,14-15,17H2,1H3,(H,26,28). The lowest BCUT2D eigenvalue weighted by Gasteiger charge is -2.26. The quantitative estimate of drug-likeness (QED) is 0.600. The summed E-state index contributed by atoms with van der Waals surface area (Å²) in [5.74, 6) is -0.197. The molecule has 1 amide bonds. The zero-order valence-electron chi connectivity index (χ0n) is 17.6. The fourth-order valence-corrected chi connectivity index (χ4v) is 5.71. The monoisotopic (exact) mass is 437 g/mol. The number of nitrogens with zero attached hydrogens (tertiary/aromatic N) is 1. The highest BCUT2D eigenvalue weighted by molar-refractivity contribution is 7.89. The molecule has 31 heavy (non-hydrogen) atoms. The normalized spacial score (nSPS) is 15.0. The van der Waals surface area contributed by atoms with Crippen molar-refractivity contribution in [2.45, 2.75) is 31.1 Å². The van der Waals surface area contributed by atoms with E-state index in [0.29, 0.717) is 29.2 Å². The van der Waals surface area contributed by atoms with Crippen molar-refractivity contribution in [3.8, 4) is 0 Å². The SMILES string of the molecule is Cc1ccc(NCC(=O)Nc2cccc3ccccc23)cc1S(=O)(=O)N1CCCCC1. The molecule has 0 spiro atoms. The molecule has 6 nitrogen and oxygen atoms in total.